The topological polar surface area (TPSA) is 39.3 Å². The summed E-state index contributed by atoms with van der Waals surface area (Å²) in [7, 11) is 0. The molecular formula is C17H16ClN3O. The Bertz CT molecular complexity index is 910. The second-order valence-corrected chi connectivity index (χ2v) is 6.16. The first-order valence-corrected chi connectivity index (χ1v) is 7.95. The fourth-order valence-electron chi connectivity index (χ4n) is 3.19. The lowest BCUT2D eigenvalue weighted by atomic mass is 9.97. The molecule has 0 unspecified atom stereocenters. The van der Waals surface area contributed by atoms with Crippen molar-refractivity contribution in [2.75, 3.05) is 0 Å². The minimum Gasteiger partial charge on any atom is -0.308 e. The second kappa shape index (κ2) is 5.29. The number of nitrogens with zero attached hydrogens (tertiary/aromatic N) is 3. The zero-order valence-corrected chi connectivity index (χ0v) is 12.9. The van der Waals surface area contributed by atoms with Gasteiger partial charge in [-0.1, -0.05) is 29.8 Å². The van der Waals surface area contributed by atoms with Gasteiger partial charge in [-0.3, -0.25) is 4.79 Å². The SMILES string of the molecule is O=c1c2c3c(nn2ccn1Cc1ccccc1Cl)CCCC3. The van der Waals surface area contributed by atoms with Gasteiger partial charge in [0.05, 0.1) is 12.2 Å². The van der Waals surface area contributed by atoms with Crippen LogP contribution < -0.4 is 5.56 Å². The minimum absolute atomic E-state index is 0.0121. The molecule has 0 atom stereocenters. The van der Waals surface area contributed by atoms with Gasteiger partial charge in [-0.05, 0) is 37.3 Å². The maximum absolute atomic E-state index is 12.8. The van der Waals surface area contributed by atoms with Gasteiger partial charge in [0, 0.05) is 23.0 Å². The molecule has 0 spiro atoms. The average Bonchev–Trinajstić information content (AvgIpc) is 2.91. The van der Waals surface area contributed by atoms with Crippen LogP contribution in [0, 0.1) is 0 Å². The zero-order valence-electron chi connectivity index (χ0n) is 12.1. The molecule has 1 aliphatic rings. The van der Waals surface area contributed by atoms with Crippen LogP contribution in [0.5, 0.6) is 0 Å². The Hall–Kier alpha value is -2.07. The van der Waals surface area contributed by atoms with Crippen LogP contribution in [0.2, 0.25) is 5.02 Å². The van der Waals surface area contributed by atoms with Gasteiger partial charge in [0.2, 0.25) is 0 Å². The van der Waals surface area contributed by atoms with Crippen molar-refractivity contribution in [2.24, 2.45) is 0 Å². The lowest BCUT2D eigenvalue weighted by Crippen LogP contribution is -2.23. The molecule has 0 aliphatic heterocycles. The molecular weight excluding hydrogens is 298 g/mol. The van der Waals surface area contributed by atoms with Crippen molar-refractivity contribution in [3.05, 3.63) is 68.9 Å². The number of hydrogen-bond donors (Lipinski definition) is 0. The van der Waals surface area contributed by atoms with Gasteiger partial charge >= 0.3 is 0 Å². The maximum Gasteiger partial charge on any atom is 0.277 e. The smallest absolute Gasteiger partial charge is 0.277 e. The molecule has 0 bridgehead atoms. The summed E-state index contributed by atoms with van der Waals surface area (Å²) in [4.78, 5) is 12.8. The number of aryl methyl sites for hydroxylation is 2. The molecule has 3 aromatic rings. The molecule has 2 heterocycles. The van der Waals surface area contributed by atoms with E-state index in [1.807, 2.05) is 30.5 Å². The van der Waals surface area contributed by atoms with Crippen molar-refractivity contribution in [3.63, 3.8) is 0 Å². The molecule has 0 amide bonds. The van der Waals surface area contributed by atoms with E-state index in [4.69, 9.17) is 11.6 Å². The molecule has 0 radical (unpaired) electrons. The lowest BCUT2D eigenvalue weighted by molar-refractivity contribution is 0.673. The molecule has 0 saturated heterocycles. The van der Waals surface area contributed by atoms with Crippen LogP contribution in [0.1, 0.15) is 29.7 Å². The second-order valence-electron chi connectivity index (χ2n) is 5.75. The first-order valence-electron chi connectivity index (χ1n) is 7.57. The molecule has 5 heteroatoms. The highest BCUT2D eigenvalue weighted by Crippen LogP contribution is 2.23. The molecule has 22 heavy (non-hydrogen) atoms. The van der Waals surface area contributed by atoms with Crippen LogP contribution in [0.15, 0.2) is 41.5 Å². The molecule has 0 saturated carbocycles. The van der Waals surface area contributed by atoms with E-state index in [2.05, 4.69) is 5.10 Å². The highest BCUT2D eigenvalue weighted by Gasteiger charge is 2.19. The predicted molar refractivity (Wildman–Crippen MR) is 86.6 cm³/mol. The Morgan fingerprint density at radius 1 is 1.14 bits per heavy atom. The first-order chi connectivity index (χ1) is 10.7. The molecule has 4 nitrogen and oxygen atoms in total. The molecule has 1 aliphatic carbocycles. The zero-order chi connectivity index (χ0) is 15.1. The van der Waals surface area contributed by atoms with Gasteiger partial charge in [0.15, 0.2) is 0 Å². The minimum atomic E-state index is 0.0121. The molecule has 1 aromatic carbocycles. The van der Waals surface area contributed by atoms with Gasteiger partial charge in [0.25, 0.3) is 5.56 Å². The van der Waals surface area contributed by atoms with Gasteiger partial charge in [-0.2, -0.15) is 5.10 Å². The third-order valence-corrected chi connectivity index (χ3v) is 4.70. The van der Waals surface area contributed by atoms with Crippen LogP contribution >= 0.6 is 11.6 Å². The van der Waals surface area contributed by atoms with Crippen LogP contribution in [0.4, 0.5) is 0 Å². The summed E-state index contributed by atoms with van der Waals surface area (Å²) < 4.78 is 3.45. The summed E-state index contributed by atoms with van der Waals surface area (Å²) in [5.74, 6) is 0. The number of hydrogen-bond acceptors (Lipinski definition) is 2. The van der Waals surface area contributed by atoms with E-state index >= 15 is 0 Å². The van der Waals surface area contributed by atoms with E-state index in [-0.39, 0.29) is 5.56 Å². The standard InChI is InChI=1S/C17H16ClN3O/c18-14-7-3-1-5-12(14)11-20-9-10-21-16(17(20)22)13-6-2-4-8-15(13)19-21/h1,3,5,7,9-10H,2,4,6,8,11H2. The third-order valence-electron chi connectivity index (χ3n) is 4.33. The first kappa shape index (κ1) is 13.6. The van der Waals surface area contributed by atoms with Crippen molar-refractivity contribution in [1.29, 1.82) is 0 Å². The monoisotopic (exact) mass is 313 g/mol. The largest absolute Gasteiger partial charge is 0.308 e. The van der Waals surface area contributed by atoms with Crippen molar-refractivity contribution < 1.29 is 0 Å². The highest BCUT2D eigenvalue weighted by atomic mass is 35.5. The van der Waals surface area contributed by atoms with Gasteiger partial charge in [0.1, 0.15) is 5.52 Å². The average molecular weight is 314 g/mol. The van der Waals surface area contributed by atoms with Crippen LogP contribution in [-0.2, 0) is 19.4 Å². The Balaban J connectivity index is 1.84. The van der Waals surface area contributed by atoms with E-state index in [0.29, 0.717) is 11.6 Å². The van der Waals surface area contributed by atoms with Crippen molar-refractivity contribution >= 4 is 17.1 Å². The summed E-state index contributed by atoms with van der Waals surface area (Å²) >= 11 is 6.21. The Labute approximate surface area is 133 Å². The molecule has 0 fully saturated rings. The summed E-state index contributed by atoms with van der Waals surface area (Å²) in [5, 5.41) is 5.24. The number of rotatable bonds is 2. The Morgan fingerprint density at radius 2 is 1.95 bits per heavy atom. The summed E-state index contributed by atoms with van der Waals surface area (Å²) in [6, 6.07) is 7.63. The summed E-state index contributed by atoms with van der Waals surface area (Å²) in [6.07, 6.45) is 7.87. The predicted octanol–water partition coefficient (Wildman–Crippen LogP) is 3.08. The van der Waals surface area contributed by atoms with Gasteiger partial charge in [-0.25, -0.2) is 4.52 Å². The lowest BCUT2D eigenvalue weighted by Gasteiger charge is -2.10. The van der Waals surface area contributed by atoms with Crippen LogP contribution in [0.25, 0.3) is 5.52 Å². The van der Waals surface area contributed by atoms with E-state index in [9.17, 15) is 4.79 Å². The van der Waals surface area contributed by atoms with Crippen LogP contribution in [-0.4, -0.2) is 14.2 Å². The summed E-state index contributed by atoms with van der Waals surface area (Å²) in [6.45, 7) is 0.481. The number of halogens is 1. The molecule has 112 valence electrons. The number of benzene rings is 1. The Kier molecular flexibility index (Phi) is 3.26. The van der Waals surface area contributed by atoms with Crippen LogP contribution in [0.3, 0.4) is 0 Å². The van der Waals surface area contributed by atoms with Crippen molar-refractivity contribution in [2.45, 2.75) is 32.2 Å². The van der Waals surface area contributed by atoms with Gasteiger partial charge in [-0.15, -0.1) is 0 Å². The maximum atomic E-state index is 12.8. The molecule has 2 aromatic heterocycles. The highest BCUT2D eigenvalue weighted by molar-refractivity contribution is 6.31. The van der Waals surface area contributed by atoms with Crippen molar-refractivity contribution in [1.82, 2.24) is 14.2 Å². The Morgan fingerprint density at radius 3 is 2.82 bits per heavy atom. The van der Waals surface area contributed by atoms with E-state index in [0.717, 1.165) is 48.0 Å². The normalized spacial score (nSPS) is 14.2. The fourth-order valence-corrected chi connectivity index (χ4v) is 3.39. The molecule has 0 N–H and O–H groups in total. The van der Waals surface area contributed by atoms with E-state index in [1.54, 1.807) is 15.3 Å². The quantitative estimate of drug-likeness (QED) is 0.729. The summed E-state index contributed by atoms with van der Waals surface area (Å²) in [5.41, 5.74) is 3.90. The van der Waals surface area contributed by atoms with Gasteiger partial charge < -0.3 is 4.57 Å². The number of fused-ring (bicyclic) bond motifs is 3. The molecule has 4 rings (SSSR count). The number of aromatic nitrogens is 3. The van der Waals surface area contributed by atoms with E-state index < -0.39 is 0 Å². The fraction of sp³-hybridized carbons (Fsp3) is 0.294. The van der Waals surface area contributed by atoms with E-state index in [1.165, 1.54) is 0 Å². The third kappa shape index (κ3) is 2.15. The van der Waals surface area contributed by atoms with Crippen molar-refractivity contribution in [3.8, 4) is 0 Å².